The molecule has 9 rings (SSSR count). The van der Waals surface area contributed by atoms with E-state index in [4.69, 9.17) is 9.97 Å². The van der Waals surface area contributed by atoms with Crippen LogP contribution in [0.3, 0.4) is 0 Å². The second-order valence-corrected chi connectivity index (χ2v) is 22.5. The Kier molecular flexibility index (Phi) is 13.2. The van der Waals surface area contributed by atoms with Gasteiger partial charge in [0.25, 0.3) is 0 Å². The Hall–Kier alpha value is -6.35. The van der Waals surface area contributed by atoms with Crippen LogP contribution in [0, 0.1) is 6.07 Å². The topological polar surface area (TPSA) is 50.9 Å². The summed E-state index contributed by atoms with van der Waals surface area (Å²) in [6, 6.07) is 60.2. The van der Waals surface area contributed by atoms with Gasteiger partial charge in [0, 0.05) is 44.1 Å². The number of para-hydroxylation sites is 1. The number of aromatic hydroxyl groups is 1. The van der Waals surface area contributed by atoms with Gasteiger partial charge in [0.1, 0.15) is 11.6 Å². The number of aromatic nitrogens is 3. The zero-order chi connectivity index (χ0) is 48.3. The number of nitrogens with zero attached hydrogens (tertiary/aromatic N) is 3. The van der Waals surface area contributed by atoms with Gasteiger partial charge in [0.05, 0.1) is 22.3 Å². The molecule has 0 bridgehead atoms. The largest absolute Gasteiger partial charge is 0.507 e. The summed E-state index contributed by atoms with van der Waals surface area (Å²) in [5.41, 5.74) is 17.5. The van der Waals surface area contributed by atoms with E-state index >= 15 is 0 Å². The Bertz CT molecular complexity index is 3320. The third-order valence-electron chi connectivity index (χ3n) is 13.3. The molecule has 4 nitrogen and oxygen atoms in total. The maximum Gasteiger partial charge on any atom is 0.148 e. The maximum atomic E-state index is 12.6. The van der Waals surface area contributed by atoms with Crippen molar-refractivity contribution in [2.24, 2.45) is 0 Å². The van der Waals surface area contributed by atoms with E-state index in [0.29, 0.717) is 11.4 Å². The number of phenols is 1. The van der Waals surface area contributed by atoms with Crippen LogP contribution < -0.4 is 0 Å². The van der Waals surface area contributed by atoms with Crippen molar-refractivity contribution in [2.75, 3.05) is 0 Å². The minimum absolute atomic E-state index is 0. The average molecular weight is 1090 g/mol. The summed E-state index contributed by atoms with van der Waals surface area (Å²) in [5, 5.41) is 12.6. The molecule has 0 spiro atoms. The molecule has 352 valence electrons. The van der Waals surface area contributed by atoms with E-state index in [0.717, 1.165) is 72.5 Å². The Balaban J connectivity index is 0.00000642. The molecule has 0 saturated carbocycles. The first-order valence-corrected chi connectivity index (χ1v) is 24.0. The molecule has 0 amide bonds. The summed E-state index contributed by atoms with van der Waals surface area (Å²) >= 11 is 0. The fourth-order valence-corrected chi connectivity index (χ4v) is 9.15. The van der Waals surface area contributed by atoms with E-state index in [1.165, 1.54) is 22.3 Å². The first-order chi connectivity index (χ1) is 32.1. The van der Waals surface area contributed by atoms with Crippen LogP contribution in [-0.2, 0) is 42.7 Å². The Morgan fingerprint density at radius 3 is 1.64 bits per heavy atom. The third-order valence-corrected chi connectivity index (χ3v) is 13.3. The molecule has 0 unspecified atom stereocenters. The fraction of sp³-hybridized carbons (Fsp3) is 0.250. The minimum atomic E-state index is -0.333. The van der Waals surface area contributed by atoms with E-state index in [2.05, 4.69) is 251 Å². The normalized spacial score (nSPS) is 12.3. The van der Waals surface area contributed by atoms with Gasteiger partial charge in [-0.3, -0.25) is 9.55 Å². The number of benzene rings is 7. The molecule has 5 heteroatoms. The van der Waals surface area contributed by atoms with E-state index in [-0.39, 0.29) is 48.5 Å². The van der Waals surface area contributed by atoms with Gasteiger partial charge in [-0.25, -0.2) is 4.98 Å². The van der Waals surface area contributed by atoms with Gasteiger partial charge in [-0.05, 0) is 97.0 Å². The predicted molar refractivity (Wildman–Crippen MR) is 287 cm³/mol. The molecule has 2 aromatic heterocycles. The number of fused-ring (bicyclic) bond motifs is 1. The number of hydrogen-bond donors (Lipinski definition) is 1. The number of hydrogen-bond acceptors (Lipinski definition) is 3. The van der Waals surface area contributed by atoms with Gasteiger partial charge in [-0.2, -0.15) is 0 Å². The van der Waals surface area contributed by atoms with Crippen LogP contribution in [-0.4, -0.2) is 19.6 Å². The monoisotopic (exact) mass is 1090 g/mol. The molecule has 2 heterocycles. The summed E-state index contributed by atoms with van der Waals surface area (Å²) in [7, 11) is 0. The molecule has 9 aromatic rings. The molecule has 0 radical (unpaired) electrons. The van der Waals surface area contributed by atoms with Gasteiger partial charge < -0.3 is 5.11 Å². The molecule has 0 atom stereocenters. The minimum Gasteiger partial charge on any atom is -0.507 e. The van der Waals surface area contributed by atoms with Gasteiger partial charge in [0.2, 0.25) is 0 Å². The third kappa shape index (κ3) is 9.93. The number of pyridine rings is 1. The molecule has 1 N–H and O–H groups in total. The van der Waals surface area contributed by atoms with Crippen molar-refractivity contribution in [3.05, 3.63) is 192 Å². The number of rotatable bonds is 7. The molecule has 0 aliphatic rings. The zero-order valence-electron chi connectivity index (χ0n) is 42.2. The standard InChI is InChI=1S/C64H64N3O.Pt/c1-61(2,3)48-29-30-56(52(38-48)42-23-17-14-18-24-42)67-57-28-20-27-51(58(57)66-60(67)53-39-50(63(7,8)9)40-54(59(53)68)64(10,11)12)46-34-47(36-49(35-46)62(4,5)6)55-37-45(31-32-65-55)44-26-19-25-43(33-44)41-21-15-13-16-22-41;/h13-33,35-40,68H,1-12H3;/q-1;. The summed E-state index contributed by atoms with van der Waals surface area (Å²) in [4.78, 5) is 10.7. The van der Waals surface area contributed by atoms with E-state index in [9.17, 15) is 5.11 Å². The quantitative estimate of drug-likeness (QED) is 0.162. The summed E-state index contributed by atoms with van der Waals surface area (Å²) in [6.07, 6.45) is 1.91. The Morgan fingerprint density at radius 2 is 1.00 bits per heavy atom. The van der Waals surface area contributed by atoms with Crippen molar-refractivity contribution in [2.45, 2.75) is 105 Å². The van der Waals surface area contributed by atoms with Crippen LogP contribution in [0.4, 0.5) is 0 Å². The molecule has 0 saturated heterocycles. The molecule has 0 fully saturated rings. The summed E-state index contributed by atoms with van der Waals surface area (Å²) in [5.74, 6) is 0.932. The van der Waals surface area contributed by atoms with Gasteiger partial charge in [-0.15, -0.1) is 29.3 Å². The van der Waals surface area contributed by atoms with Gasteiger partial charge >= 0.3 is 0 Å². The number of imidazole rings is 1. The van der Waals surface area contributed by atoms with Crippen LogP contribution in [0.2, 0.25) is 0 Å². The summed E-state index contributed by atoms with van der Waals surface area (Å²) in [6.45, 7) is 26.8. The van der Waals surface area contributed by atoms with Crippen LogP contribution in [0.5, 0.6) is 5.75 Å². The Morgan fingerprint density at radius 1 is 0.449 bits per heavy atom. The van der Waals surface area contributed by atoms with Crippen LogP contribution >= 0.6 is 0 Å². The van der Waals surface area contributed by atoms with Crippen molar-refractivity contribution >= 4 is 11.0 Å². The van der Waals surface area contributed by atoms with E-state index in [1.807, 2.05) is 6.20 Å². The van der Waals surface area contributed by atoms with Crippen LogP contribution in [0.1, 0.15) is 105 Å². The smallest absolute Gasteiger partial charge is 0.148 e. The van der Waals surface area contributed by atoms with Crippen LogP contribution in [0.25, 0.3) is 83.9 Å². The second kappa shape index (κ2) is 18.5. The first kappa shape index (κ1) is 49.1. The average Bonchev–Trinajstić information content (AvgIpc) is 3.70. The number of phenolic OH excluding ortho intramolecular Hbond substituents is 1. The van der Waals surface area contributed by atoms with Crippen molar-refractivity contribution in [1.82, 2.24) is 14.5 Å². The van der Waals surface area contributed by atoms with E-state index in [1.54, 1.807) is 0 Å². The van der Waals surface area contributed by atoms with Crippen LogP contribution in [0.15, 0.2) is 164 Å². The molecule has 0 aliphatic heterocycles. The van der Waals surface area contributed by atoms with Crippen molar-refractivity contribution in [3.8, 4) is 78.6 Å². The SMILES string of the molecule is CC(C)(C)c1cc(-c2cc(-c3cccc(-c4ccccc4)c3)ccn2)[c-]c(-c2cccc3c2nc(-c2cc(C(C)(C)C)cc(C(C)(C)C)c2O)n3-c2ccc(C(C)(C)C)cc2-c2ccccc2)c1.[Pt]. The molecule has 69 heavy (non-hydrogen) atoms. The predicted octanol–water partition coefficient (Wildman–Crippen LogP) is 17.1. The first-order valence-electron chi connectivity index (χ1n) is 24.0. The van der Waals surface area contributed by atoms with Gasteiger partial charge in [0.15, 0.2) is 0 Å². The van der Waals surface area contributed by atoms with Gasteiger partial charge in [-0.1, -0.05) is 203 Å². The van der Waals surface area contributed by atoms with Crippen molar-refractivity contribution < 1.29 is 26.2 Å². The van der Waals surface area contributed by atoms with E-state index < -0.39 is 0 Å². The molecule has 7 aromatic carbocycles. The zero-order valence-corrected chi connectivity index (χ0v) is 44.5. The molecule has 0 aliphatic carbocycles. The maximum absolute atomic E-state index is 12.6. The molecular formula is C64H64N3OPt-. The Labute approximate surface area is 424 Å². The molecular weight excluding hydrogens is 1020 g/mol. The van der Waals surface area contributed by atoms with Crippen molar-refractivity contribution in [3.63, 3.8) is 0 Å². The van der Waals surface area contributed by atoms with Crippen molar-refractivity contribution in [1.29, 1.82) is 0 Å². The fourth-order valence-electron chi connectivity index (χ4n) is 9.15. The summed E-state index contributed by atoms with van der Waals surface area (Å²) < 4.78 is 2.28. The second-order valence-electron chi connectivity index (χ2n) is 22.5.